The molecule has 0 saturated heterocycles. The first-order valence-electron chi connectivity index (χ1n) is 6.49. The number of methoxy groups -OCH3 is 1. The number of carbonyl (C=O) groups is 2. The van der Waals surface area contributed by atoms with Crippen LogP contribution in [0.4, 0.5) is 10.7 Å². The number of nitrogens with zero attached hydrogens (tertiary/aromatic N) is 3. The average Bonchev–Trinajstić information content (AvgIpc) is 3.00. The van der Waals surface area contributed by atoms with Crippen LogP contribution in [-0.4, -0.2) is 33.7 Å². The second-order valence-electron chi connectivity index (χ2n) is 4.69. The van der Waals surface area contributed by atoms with Gasteiger partial charge in [0.2, 0.25) is 5.91 Å². The predicted octanol–water partition coefficient (Wildman–Crippen LogP) is 1.89. The van der Waals surface area contributed by atoms with Gasteiger partial charge in [-0.05, 0) is 19.9 Å². The van der Waals surface area contributed by atoms with Gasteiger partial charge in [0.1, 0.15) is 23.4 Å². The molecule has 0 radical (unpaired) electrons. The number of esters is 1. The Bertz CT molecular complexity index is 779. The molecular formula is C13H14N4O5S. The number of aromatic nitrogens is 2. The van der Waals surface area contributed by atoms with Gasteiger partial charge in [0.05, 0.1) is 17.6 Å². The molecule has 10 heteroatoms. The van der Waals surface area contributed by atoms with E-state index >= 15 is 0 Å². The molecule has 0 aromatic carbocycles. The van der Waals surface area contributed by atoms with Crippen molar-refractivity contribution in [3.63, 3.8) is 0 Å². The number of amides is 1. The van der Waals surface area contributed by atoms with E-state index in [9.17, 15) is 19.7 Å². The zero-order chi connectivity index (χ0) is 17.1. The summed E-state index contributed by atoms with van der Waals surface area (Å²) in [6.45, 7) is 3.09. The summed E-state index contributed by atoms with van der Waals surface area (Å²) >= 11 is 1.24. The number of nitrogens with one attached hydrogen (secondary N) is 1. The molecule has 0 fully saturated rings. The van der Waals surface area contributed by atoms with Gasteiger partial charge < -0.3 is 10.1 Å². The number of rotatable bonds is 5. The molecule has 0 saturated carbocycles. The smallest absolute Gasteiger partial charge is 0.340 e. The van der Waals surface area contributed by atoms with Crippen LogP contribution in [0.15, 0.2) is 12.3 Å². The van der Waals surface area contributed by atoms with E-state index in [2.05, 4.69) is 15.2 Å². The number of thiophene rings is 1. The highest BCUT2D eigenvalue weighted by atomic mass is 32.1. The van der Waals surface area contributed by atoms with Gasteiger partial charge in [-0.25, -0.2) is 4.79 Å². The van der Waals surface area contributed by atoms with E-state index in [1.54, 1.807) is 13.0 Å². The Morgan fingerprint density at radius 2 is 2.17 bits per heavy atom. The molecule has 0 aliphatic heterocycles. The van der Waals surface area contributed by atoms with E-state index in [0.717, 1.165) is 4.88 Å². The van der Waals surface area contributed by atoms with Gasteiger partial charge in [-0.2, -0.15) is 5.10 Å². The van der Waals surface area contributed by atoms with E-state index < -0.39 is 16.8 Å². The highest BCUT2D eigenvalue weighted by molar-refractivity contribution is 7.16. The maximum Gasteiger partial charge on any atom is 0.340 e. The number of anilines is 1. The van der Waals surface area contributed by atoms with Crippen molar-refractivity contribution >= 4 is 33.9 Å². The van der Waals surface area contributed by atoms with Gasteiger partial charge in [0, 0.05) is 4.88 Å². The van der Waals surface area contributed by atoms with Crippen LogP contribution in [0.3, 0.4) is 0 Å². The Hall–Kier alpha value is -2.75. The zero-order valence-electron chi connectivity index (χ0n) is 12.7. The predicted molar refractivity (Wildman–Crippen MR) is 82.6 cm³/mol. The van der Waals surface area contributed by atoms with Gasteiger partial charge in [-0.3, -0.25) is 19.6 Å². The van der Waals surface area contributed by atoms with Crippen molar-refractivity contribution in [1.82, 2.24) is 9.78 Å². The van der Waals surface area contributed by atoms with E-state index in [1.165, 1.54) is 36.2 Å². The summed E-state index contributed by atoms with van der Waals surface area (Å²) < 4.78 is 5.84. The normalized spacial score (nSPS) is 10.4. The topological polar surface area (TPSA) is 116 Å². The first kappa shape index (κ1) is 16.6. The number of aryl methyl sites for hydroxylation is 2. The molecule has 0 atom stereocenters. The molecular weight excluding hydrogens is 324 g/mol. The molecule has 9 nitrogen and oxygen atoms in total. The van der Waals surface area contributed by atoms with Crippen molar-refractivity contribution < 1.29 is 19.2 Å². The van der Waals surface area contributed by atoms with Gasteiger partial charge in [-0.15, -0.1) is 11.3 Å². The summed E-state index contributed by atoms with van der Waals surface area (Å²) in [6.07, 6.45) is 1.19. The summed E-state index contributed by atoms with van der Waals surface area (Å²) in [7, 11) is 1.26. The fourth-order valence-electron chi connectivity index (χ4n) is 1.95. The van der Waals surface area contributed by atoms with E-state index in [1.807, 2.05) is 0 Å². The van der Waals surface area contributed by atoms with Crippen LogP contribution in [0.25, 0.3) is 0 Å². The number of carbonyl (C=O) groups excluding carboxylic acids is 2. The summed E-state index contributed by atoms with van der Waals surface area (Å²) in [4.78, 5) is 34.8. The highest BCUT2D eigenvalue weighted by Crippen LogP contribution is 2.28. The first-order valence-corrected chi connectivity index (χ1v) is 7.30. The summed E-state index contributed by atoms with van der Waals surface area (Å²) in [5.41, 5.74) is 0.344. The van der Waals surface area contributed by atoms with Gasteiger partial charge in [0.15, 0.2) is 0 Å². The van der Waals surface area contributed by atoms with Crippen molar-refractivity contribution in [2.75, 3.05) is 12.4 Å². The Labute approximate surface area is 135 Å². The van der Waals surface area contributed by atoms with E-state index in [-0.39, 0.29) is 23.5 Å². The summed E-state index contributed by atoms with van der Waals surface area (Å²) in [5.74, 6) is -0.996. The lowest BCUT2D eigenvalue weighted by Gasteiger charge is -2.05. The van der Waals surface area contributed by atoms with Crippen LogP contribution < -0.4 is 5.32 Å². The van der Waals surface area contributed by atoms with Crippen LogP contribution in [0.1, 0.15) is 20.9 Å². The third-order valence-corrected chi connectivity index (χ3v) is 3.90. The molecule has 2 rings (SSSR count). The maximum atomic E-state index is 12.1. The van der Waals surface area contributed by atoms with Crippen molar-refractivity contribution in [2.45, 2.75) is 20.4 Å². The van der Waals surface area contributed by atoms with Crippen molar-refractivity contribution in [3.05, 3.63) is 38.5 Å². The molecule has 2 aromatic heterocycles. The van der Waals surface area contributed by atoms with Crippen LogP contribution in [0, 0.1) is 24.0 Å². The Kier molecular flexibility index (Phi) is 4.74. The van der Waals surface area contributed by atoms with Crippen LogP contribution in [0.5, 0.6) is 0 Å². The average molecular weight is 338 g/mol. The number of hydrogen-bond donors (Lipinski definition) is 1. The molecule has 1 N–H and O–H groups in total. The summed E-state index contributed by atoms with van der Waals surface area (Å²) in [6, 6.07) is 1.62. The number of hydrogen-bond acceptors (Lipinski definition) is 7. The van der Waals surface area contributed by atoms with Crippen LogP contribution in [0.2, 0.25) is 0 Å². The Morgan fingerprint density at radius 1 is 1.48 bits per heavy atom. The second kappa shape index (κ2) is 6.57. The molecule has 2 heterocycles. The minimum Gasteiger partial charge on any atom is -0.465 e. The van der Waals surface area contributed by atoms with Gasteiger partial charge in [0.25, 0.3) is 0 Å². The minimum atomic E-state index is -0.561. The first-order chi connectivity index (χ1) is 10.8. The maximum absolute atomic E-state index is 12.1. The number of nitro groups is 1. The molecule has 0 aliphatic carbocycles. The van der Waals surface area contributed by atoms with E-state index in [4.69, 9.17) is 0 Å². The molecule has 23 heavy (non-hydrogen) atoms. The molecule has 0 aliphatic rings. The minimum absolute atomic E-state index is 0.153. The summed E-state index contributed by atoms with van der Waals surface area (Å²) in [5, 5.41) is 17.7. The Morgan fingerprint density at radius 3 is 2.74 bits per heavy atom. The van der Waals surface area contributed by atoms with Crippen LogP contribution in [-0.2, 0) is 16.1 Å². The third kappa shape index (κ3) is 3.72. The van der Waals surface area contributed by atoms with Crippen molar-refractivity contribution in [1.29, 1.82) is 0 Å². The lowest BCUT2D eigenvalue weighted by Crippen LogP contribution is -2.19. The molecule has 1 amide bonds. The van der Waals surface area contributed by atoms with E-state index in [0.29, 0.717) is 5.00 Å². The number of ether oxygens (including phenoxy) is 1. The van der Waals surface area contributed by atoms with Gasteiger partial charge in [-0.1, -0.05) is 0 Å². The van der Waals surface area contributed by atoms with Crippen molar-refractivity contribution in [2.24, 2.45) is 0 Å². The third-order valence-electron chi connectivity index (χ3n) is 2.94. The molecule has 0 unspecified atom stereocenters. The largest absolute Gasteiger partial charge is 0.465 e. The fraction of sp³-hybridized carbons (Fsp3) is 0.308. The van der Waals surface area contributed by atoms with Crippen LogP contribution >= 0.6 is 11.3 Å². The second-order valence-corrected chi connectivity index (χ2v) is 5.95. The standard InChI is InChI=1S/C13H14N4O5S/c1-7-4-9(13(19)22-3)12(23-7)14-11(18)6-16-5-10(17(20)21)8(2)15-16/h4-5H,6H2,1-3H3,(H,14,18). The fourth-order valence-corrected chi connectivity index (χ4v) is 2.87. The molecule has 2 aromatic rings. The zero-order valence-corrected chi connectivity index (χ0v) is 13.5. The highest BCUT2D eigenvalue weighted by Gasteiger charge is 2.19. The molecule has 122 valence electrons. The monoisotopic (exact) mass is 338 g/mol. The van der Waals surface area contributed by atoms with Gasteiger partial charge >= 0.3 is 11.7 Å². The Balaban J connectivity index is 2.13. The van der Waals surface area contributed by atoms with Crippen molar-refractivity contribution in [3.8, 4) is 0 Å². The SMILES string of the molecule is COC(=O)c1cc(C)sc1NC(=O)Cn1cc([N+](=O)[O-])c(C)n1. The lowest BCUT2D eigenvalue weighted by atomic mass is 10.3. The molecule has 0 bridgehead atoms. The molecule has 0 spiro atoms. The quantitative estimate of drug-likeness (QED) is 0.505. The lowest BCUT2D eigenvalue weighted by molar-refractivity contribution is -0.385.